The zero-order valence-corrected chi connectivity index (χ0v) is 15.1. The van der Waals surface area contributed by atoms with Crippen LogP contribution in [0.4, 0.5) is 5.69 Å². The minimum absolute atomic E-state index is 0.0876. The Morgan fingerprint density at radius 1 is 1.43 bits per heavy atom. The molecule has 1 fully saturated rings. The molecular formula is C16H22ClN3O2S. The van der Waals surface area contributed by atoms with Crippen LogP contribution < -0.4 is 16.0 Å². The van der Waals surface area contributed by atoms with E-state index >= 15 is 0 Å². The van der Waals surface area contributed by atoms with Crippen molar-refractivity contribution in [1.29, 1.82) is 0 Å². The van der Waals surface area contributed by atoms with Crippen molar-refractivity contribution in [3.8, 4) is 0 Å². The van der Waals surface area contributed by atoms with Crippen LogP contribution in [0.1, 0.15) is 37.6 Å². The fraction of sp³-hybridized carbons (Fsp3) is 0.500. The van der Waals surface area contributed by atoms with E-state index in [1.165, 1.54) is 0 Å². The van der Waals surface area contributed by atoms with Gasteiger partial charge in [-0.25, -0.2) is 0 Å². The van der Waals surface area contributed by atoms with Gasteiger partial charge in [0.15, 0.2) is 0 Å². The molecule has 1 aromatic rings. The molecule has 23 heavy (non-hydrogen) atoms. The summed E-state index contributed by atoms with van der Waals surface area (Å²) in [5, 5.41) is 9.19. The largest absolute Gasteiger partial charge is 0.347 e. The summed E-state index contributed by atoms with van der Waals surface area (Å²) < 4.78 is 0. The van der Waals surface area contributed by atoms with Crippen LogP contribution in [-0.2, 0) is 4.79 Å². The highest BCUT2D eigenvalue weighted by Crippen LogP contribution is 2.22. The molecule has 5 nitrogen and oxygen atoms in total. The van der Waals surface area contributed by atoms with Crippen LogP contribution in [0.2, 0.25) is 5.02 Å². The number of hydrogen-bond donors (Lipinski definition) is 3. The number of rotatable bonds is 5. The van der Waals surface area contributed by atoms with E-state index in [9.17, 15) is 9.59 Å². The second kappa shape index (κ2) is 7.55. The van der Waals surface area contributed by atoms with E-state index < -0.39 is 0 Å². The van der Waals surface area contributed by atoms with Crippen LogP contribution in [0.5, 0.6) is 0 Å². The summed E-state index contributed by atoms with van der Waals surface area (Å²) in [6.45, 7) is 5.93. The van der Waals surface area contributed by atoms with Gasteiger partial charge in [0.05, 0.1) is 16.6 Å². The molecule has 0 bridgehead atoms. The molecule has 2 rings (SSSR count). The van der Waals surface area contributed by atoms with Crippen molar-refractivity contribution in [3.05, 3.63) is 28.8 Å². The molecule has 0 aliphatic carbocycles. The van der Waals surface area contributed by atoms with Crippen LogP contribution in [0.15, 0.2) is 18.2 Å². The van der Waals surface area contributed by atoms with Crippen molar-refractivity contribution in [2.75, 3.05) is 16.9 Å². The Labute approximate surface area is 145 Å². The van der Waals surface area contributed by atoms with Gasteiger partial charge in [0.25, 0.3) is 5.91 Å². The van der Waals surface area contributed by atoms with Gasteiger partial charge < -0.3 is 10.6 Å². The van der Waals surface area contributed by atoms with Crippen molar-refractivity contribution in [3.63, 3.8) is 0 Å². The first kappa shape index (κ1) is 18.1. The van der Waals surface area contributed by atoms with Gasteiger partial charge in [0.2, 0.25) is 5.91 Å². The fourth-order valence-corrected chi connectivity index (χ4v) is 3.24. The minimum atomic E-state index is -0.293. The number of nitrogens with one attached hydrogen (secondary N) is 3. The number of benzene rings is 1. The standard InChI is InChI=1S/C16H22ClN3O2S/c1-4-16(2,3)20-14(21)11-6-5-10(7-12(11)17)19-15(22)13-8-23-9-18-13/h5-7,13,18H,4,8-9H2,1-3H3,(H,19,22)(H,20,21). The normalized spacial score (nSPS) is 17.8. The molecule has 3 N–H and O–H groups in total. The second-order valence-electron chi connectivity index (χ2n) is 6.15. The Hall–Kier alpha value is -1.24. The van der Waals surface area contributed by atoms with Crippen molar-refractivity contribution >= 4 is 40.9 Å². The van der Waals surface area contributed by atoms with E-state index in [0.29, 0.717) is 16.3 Å². The van der Waals surface area contributed by atoms with Crippen molar-refractivity contribution in [2.24, 2.45) is 0 Å². The maximum Gasteiger partial charge on any atom is 0.253 e. The van der Waals surface area contributed by atoms with E-state index in [-0.39, 0.29) is 23.4 Å². The summed E-state index contributed by atoms with van der Waals surface area (Å²) >= 11 is 7.89. The molecule has 0 radical (unpaired) electrons. The van der Waals surface area contributed by atoms with Crippen molar-refractivity contribution < 1.29 is 9.59 Å². The molecule has 126 valence electrons. The number of carbonyl (C=O) groups excluding carboxylic acids is 2. The molecule has 0 spiro atoms. The van der Waals surface area contributed by atoms with E-state index in [4.69, 9.17) is 11.6 Å². The van der Waals surface area contributed by atoms with Crippen LogP contribution in [0, 0.1) is 0 Å². The summed E-state index contributed by atoms with van der Waals surface area (Å²) in [5.74, 6) is 1.24. The second-order valence-corrected chi connectivity index (χ2v) is 7.58. The smallest absolute Gasteiger partial charge is 0.253 e. The predicted molar refractivity (Wildman–Crippen MR) is 96.2 cm³/mol. The lowest BCUT2D eigenvalue weighted by Crippen LogP contribution is -2.42. The van der Waals surface area contributed by atoms with E-state index in [1.807, 2.05) is 20.8 Å². The molecule has 1 saturated heterocycles. The average molecular weight is 356 g/mol. The van der Waals surface area contributed by atoms with Gasteiger partial charge in [-0.2, -0.15) is 0 Å². The first-order valence-corrected chi connectivity index (χ1v) is 9.10. The third-order valence-corrected chi connectivity index (χ3v) is 5.10. The summed E-state index contributed by atoms with van der Waals surface area (Å²) in [6, 6.07) is 4.75. The topological polar surface area (TPSA) is 70.2 Å². The van der Waals surface area contributed by atoms with Crippen LogP contribution in [-0.4, -0.2) is 35.0 Å². The number of amides is 2. The van der Waals surface area contributed by atoms with Gasteiger partial charge in [0, 0.05) is 22.9 Å². The van der Waals surface area contributed by atoms with Crippen molar-refractivity contribution in [1.82, 2.24) is 10.6 Å². The zero-order chi connectivity index (χ0) is 17.0. The maximum absolute atomic E-state index is 12.3. The molecule has 1 aliphatic rings. The average Bonchev–Trinajstić information content (AvgIpc) is 3.01. The summed E-state index contributed by atoms with van der Waals surface area (Å²) in [4.78, 5) is 24.3. The lowest BCUT2D eigenvalue weighted by Gasteiger charge is -2.24. The molecule has 0 saturated carbocycles. The van der Waals surface area contributed by atoms with Gasteiger partial charge in [-0.1, -0.05) is 18.5 Å². The number of carbonyl (C=O) groups is 2. The van der Waals surface area contributed by atoms with Crippen LogP contribution >= 0.6 is 23.4 Å². The maximum atomic E-state index is 12.3. The highest BCUT2D eigenvalue weighted by Gasteiger charge is 2.23. The molecule has 7 heteroatoms. The number of thioether (sulfide) groups is 1. The molecule has 1 atom stereocenters. The molecular weight excluding hydrogens is 334 g/mol. The monoisotopic (exact) mass is 355 g/mol. The lowest BCUT2D eigenvalue weighted by atomic mass is 10.0. The Kier molecular flexibility index (Phi) is 5.95. The molecule has 1 heterocycles. The summed E-state index contributed by atoms with van der Waals surface area (Å²) in [7, 11) is 0. The number of anilines is 1. The Morgan fingerprint density at radius 3 is 2.74 bits per heavy atom. The molecule has 1 unspecified atom stereocenters. The molecule has 1 aliphatic heterocycles. The Bertz CT molecular complexity index is 601. The number of hydrogen-bond acceptors (Lipinski definition) is 4. The van der Waals surface area contributed by atoms with Gasteiger partial charge in [-0.3, -0.25) is 14.9 Å². The third kappa shape index (κ3) is 4.86. The lowest BCUT2D eigenvalue weighted by molar-refractivity contribution is -0.117. The Balaban J connectivity index is 2.05. The highest BCUT2D eigenvalue weighted by atomic mass is 35.5. The molecule has 1 aromatic carbocycles. The summed E-state index contributed by atoms with van der Waals surface area (Å²) in [6.07, 6.45) is 0.816. The highest BCUT2D eigenvalue weighted by molar-refractivity contribution is 7.99. The first-order chi connectivity index (χ1) is 10.8. The van der Waals surface area contributed by atoms with Crippen LogP contribution in [0.25, 0.3) is 0 Å². The minimum Gasteiger partial charge on any atom is -0.347 e. The summed E-state index contributed by atoms with van der Waals surface area (Å²) in [5.41, 5.74) is 0.699. The fourth-order valence-electron chi connectivity index (χ4n) is 2.03. The van der Waals surface area contributed by atoms with E-state index in [2.05, 4.69) is 16.0 Å². The Morgan fingerprint density at radius 2 is 2.17 bits per heavy atom. The van der Waals surface area contributed by atoms with Gasteiger partial charge in [-0.15, -0.1) is 11.8 Å². The predicted octanol–water partition coefficient (Wildman–Crippen LogP) is 2.86. The van der Waals surface area contributed by atoms with Gasteiger partial charge >= 0.3 is 0 Å². The third-order valence-electron chi connectivity index (χ3n) is 3.85. The van der Waals surface area contributed by atoms with Crippen molar-refractivity contribution in [2.45, 2.75) is 38.8 Å². The van der Waals surface area contributed by atoms with E-state index in [1.54, 1.807) is 30.0 Å². The molecule has 0 aromatic heterocycles. The first-order valence-electron chi connectivity index (χ1n) is 7.56. The molecule has 2 amide bonds. The number of halogens is 1. The van der Waals surface area contributed by atoms with Gasteiger partial charge in [0.1, 0.15) is 0 Å². The van der Waals surface area contributed by atoms with Gasteiger partial charge in [-0.05, 0) is 38.5 Å². The zero-order valence-electron chi connectivity index (χ0n) is 13.5. The SMILES string of the molecule is CCC(C)(C)NC(=O)c1ccc(NC(=O)C2CSCN2)cc1Cl. The quantitative estimate of drug-likeness (QED) is 0.759. The van der Waals surface area contributed by atoms with E-state index in [0.717, 1.165) is 18.1 Å². The van der Waals surface area contributed by atoms with Crippen LogP contribution in [0.3, 0.4) is 0 Å².